The fourth-order valence-corrected chi connectivity index (χ4v) is 2.49. The van der Waals surface area contributed by atoms with Gasteiger partial charge in [-0.2, -0.15) is 0 Å². The van der Waals surface area contributed by atoms with Gasteiger partial charge in [0.25, 0.3) is 5.91 Å². The molecule has 1 aliphatic carbocycles. The van der Waals surface area contributed by atoms with Crippen molar-refractivity contribution in [3.05, 3.63) is 29.3 Å². The molecule has 1 fully saturated rings. The molecule has 0 radical (unpaired) electrons. The molecule has 114 valence electrons. The topological polar surface area (TPSA) is 66.8 Å². The van der Waals surface area contributed by atoms with Crippen LogP contribution in [-0.4, -0.2) is 42.6 Å². The van der Waals surface area contributed by atoms with E-state index in [0.717, 1.165) is 6.42 Å². The Morgan fingerprint density at radius 2 is 1.90 bits per heavy atom. The van der Waals surface area contributed by atoms with Crippen molar-refractivity contribution in [2.24, 2.45) is 11.3 Å². The molecule has 0 aromatic heterocycles. The number of methoxy groups -OCH3 is 1. The first-order chi connectivity index (χ1) is 9.74. The maximum atomic E-state index is 12.4. The Labute approximate surface area is 124 Å². The summed E-state index contributed by atoms with van der Waals surface area (Å²) in [5.74, 6) is -0.407. The second-order valence-electron chi connectivity index (χ2n) is 6.34. The normalized spacial score (nSPS) is 19.0. The first kappa shape index (κ1) is 15.4. The summed E-state index contributed by atoms with van der Waals surface area (Å²) >= 11 is 0. The van der Waals surface area contributed by atoms with E-state index in [-0.39, 0.29) is 22.8 Å². The van der Waals surface area contributed by atoms with Crippen molar-refractivity contribution in [1.82, 2.24) is 4.90 Å². The number of carbonyl (C=O) groups is 2. The molecule has 1 aromatic carbocycles. The van der Waals surface area contributed by atoms with Crippen molar-refractivity contribution in [1.29, 1.82) is 0 Å². The van der Waals surface area contributed by atoms with Gasteiger partial charge in [-0.05, 0) is 36.0 Å². The van der Waals surface area contributed by atoms with Crippen LogP contribution in [0.25, 0.3) is 0 Å². The van der Waals surface area contributed by atoms with Gasteiger partial charge >= 0.3 is 5.97 Å². The van der Waals surface area contributed by atoms with Crippen molar-refractivity contribution in [2.45, 2.75) is 20.3 Å². The van der Waals surface area contributed by atoms with Gasteiger partial charge < -0.3 is 14.7 Å². The molecule has 1 aliphatic rings. The minimum absolute atomic E-state index is 0.124. The van der Waals surface area contributed by atoms with Gasteiger partial charge in [-0.3, -0.25) is 4.79 Å². The highest BCUT2D eigenvalue weighted by atomic mass is 16.5. The molecule has 1 unspecified atom stereocenters. The zero-order valence-corrected chi connectivity index (χ0v) is 12.8. The number of hydrogen-bond donors (Lipinski definition) is 1. The number of aromatic hydroxyl groups is 1. The number of benzene rings is 1. The molecule has 0 heterocycles. The second-order valence-corrected chi connectivity index (χ2v) is 6.34. The minimum atomic E-state index is -0.578. The van der Waals surface area contributed by atoms with Crippen LogP contribution in [0.2, 0.25) is 0 Å². The van der Waals surface area contributed by atoms with Crippen LogP contribution in [0.5, 0.6) is 5.75 Å². The number of esters is 1. The Kier molecular flexibility index (Phi) is 3.94. The van der Waals surface area contributed by atoms with Crippen molar-refractivity contribution in [3.63, 3.8) is 0 Å². The summed E-state index contributed by atoms with van der Waals surface area (Å²) in [6.07, 6.45) is 1.11. The van der Waals surface area contributed by atoms with Crippen molar-refractivity contribution in [2.75, 3.05) is 20.7 Å². The number of carbonyl (C=O) groups excluding carboxylic acids is 2. The number of nitrogens with zero attached hydrogens (tertiary/aromatic N) is 1. The quantitative estimate of drug-likeness (QED) is 0.864. The van der Waals surface area contributed by atoms with E-state index in [2.05, 4.69) is 18.6 Å². The van der Waals surface area contributed by atoms with E-state index in [1.807, 2.05) is 0 Å². The maximum Gasteiger partial charge on any atom is 0.338 e. The molecule has 1 atom stereocenters. The molecule has 1 aromatic rings. The largest absolute Gasteiger partial charge is 0.508 e. The predicted octanol–water partition coefficient (Wildman–Crippen LogP) is 2.30. The lowest BCUT2D eigenvalue weighted by Crippen LogP contribution is -2.29. The molecule has 21 heavy (non-hydrogen) atoms. The van der Waals surface area contributed by atoms with E-state index in [1.54, 1.807) is 11.9 Å². The van der Waals surface area contributed by atoms with Gasteiger partial charge in [-0.1, -0.05) is 13.8 Å². The van der Waals surface area contributed by atoms with Crippen molar-refractivity contribution in [3.8, 4) is 5.75 Å². The summed E-state index contributed by atoms with van der Waals surface area (Å²) in [4.78, 5) is 25.6. The summed E-state index contributed by atoms with van der Waals surface area (Å²) in [7, 11) is 2.99. The van der Waals surface area contributed by atoms with E-state index in [1.165, 1.54) is 25.3 Å². The number of amides is 1. The van der Waals surface area contributed by atoms with Crippen LogP contribution >= 0.6 is 0 Å². The lowest BCUT2D eigenvalue weighted by Gasteiger charge is -2.18. The number of rotatable bonds is 4. The maximum absolute atomic E-state index is 12.4. The zero-order valence-electron chi connectivity index (χ0n) is 12.8. The third-order valence-corrected chi connectivity index (χ3v) is 4.14. The summed E-state index contributed by atoms with van der Waals surface area (Å²) in [6, 6.07) is 4.10. The lowest BCUT2D eigenvalue weighted by molar-refractivity contribution is 0.0600. The number of phenolic OH excluding ortho intramolecular Hbond substituents is 1. The first-order valence-corrected chi connectivity index (χ1v) is 6.92. The number of phenols is 1. The van der Waals surface area contributed by atoms with E-state index in [4.69, 9.17) is 0 Å². The summed E-state index contributed by atoms with van der Waals surface area (Å²) < 4.78 is 4.61. The standard InChI is InChI=1S/C16H21NO4/c1-16(2)8-12(16)9-17(3)14(19)10-5-11(15(20)21-4)7-13(18)6-10/h5-7,12,18H,8-9H2,1-4H3. The molecular weight excluding hydrogens is 270 g/mol. The van der Waals surface area contributed by atoms with Crippen LogP contribution in [0.15, 0.2) is 18.2 Å². The molecule has 2 rings (SSSR count). The van der Waals surface area contributed by atoms with E-state index < -0.39 is 5.97 Å². The molecule has 0 spiro atoms. The SMILES string of the molecule is COC(=O)c1cc(O)cc(C(=O)N(C)CC2CC2(C)C)c1. The van der Waals surface area contributed by atoms with Crippen LogP contribution in [0.3, 0.4) is 0 Å². The van der Waals surface area contributed by atoms with Crippen LogP contribution in [0.1, 0.15) is 41.0 Å². The Hall–Kier alpha value is -2.04. The average molecular weight is 291 g/mol. The Morgan fingerprint density at radius 1 is 1.33 bits per heavy atom. The molecule has 1 saturated carbocycles. The van der Waals surface area contributed by atoms with Gasteiger partial charge in [0.15, 0.2) is 0 Å². The fraction of sp³-hybridized carbons (Fsp3) is 0.500. The molecule has 1 amide bonds. The molecule has 5 heteroatoms. The lowest BCUT2D eigenvalue weighted by atomic mass is 10.1. The molecule has 5 nitrogen and oxygen atoms in total. The third kappa shape index (κ3) is 3.35. The van der Waals surface area contributed by atoms with E-state index in [9.17, 15) is 14.7 Å². The number of ether oxygens (including phenoxy) is 1. The summed E-state index contributed by atoms with van der Waals surface area (Å²) in [5.41, 5.74) is 0.752. The molecule has 1 N–H and O–H groups in total. The molecular formula is C16H21NO4. The summed E-state index contributed by atoms with van der Waals surface area (Å²) in [5, 5.41) is 9.67. The van der Waals surface area contributed by atoms with Crippen LogP contribution in [0, 0.1) is 11.3 Å². The summed E-state index contributed by atoms with van der Waals surface area (Å²) in [6.45, 7) is 5.04. The highest BCUT2D eigenvalue weighted by Gasteiger charge is 2.46. The van der Waals surface area contributed by atoms with Crippen molar-refractivity contribution >= 4 is 11.9 Å². The van der Waals surface area contributed by atoms with Crippen molar-refractivity contribution < 1.29 is 19.4 Å². The van der Waals surface area contributed by atoms with E-state index >= 15 is 0 Å². The van der Waals surface area contributed by atoms with Crippen LogP contribution < -0.4 is 0 Å². The van der Waals surface area contributed by atoms with E-state index in [0.29, 0.717) is 17.9 Å². The Balaban J connectivity index is 2.15. The highest BCUT2D eigenvalue weighted by molar-refractivity contribution is 5.98. The zero-order chi connectivity index (χ0) is 15.8. The highest BCUT2D eigenvalue weighted by Crippen LogP contribution is 2.51. The Bertz CT molecular complexity index is 580. The minimum Gasteiger partial charge on any atom is -0.508 e. The van der Waals surface area contributed by atoms with Gasteiger partial charge in [0.1, 0.15) is 5.75 Å². The molecule has 0 aliphatic heterocycles. The van der Waals surface area contributed by atoms with Gasteiger partial charge in [0, 0.05) is 19.2 Å². The first-order valence-electron chi connectivity index (χ1n) is 6.92. The monoisotopic (exact) mass is 291 g/mol. The smallest absolute Gasteiger partial charge is 0.338 e. The molecule has 0 bridgehead atoms. The fourth-order valence-electron chi connectivity index (χ4n) is 2.49. The van der Waals surface area contributed by atoms with Crippen LogP contribution in [0.4, 0.5) is 0 Å². The average Bonchev–Trinajstić information content (AvgIpc) is 3.02. The predicted molar refractivity (Wildman–Crippen MR) is 78.3 cm³/mol. The molecule has 0 saturated heterocycles. The van der Waals surface area contributed by atoms with Gasteiger partial charge in [-0.15, -0.1) is 0 Å². The van der Waals surface area contributed by atoms with Gasteiger partial charge in [0.05, 0.1) is 12.7 Å². The Morgan fingerprint density at radius 3 is 2.43 bits per heavy atom. The van der Waals surface area contributed by atoms with Gasteiger partial charge in [-0.25, -0.2) is 4.79 Å². The third-order valence-electron chi connectivity index (χ3n) is 4.14. The second kappa shape index (κ2) is 5.39. The van der Waals surface area contributed by atoms with Crippen LogP contribution in [-0.2, 0) is 4.74 Å². The number of hydrogen-bond acceptors (Lipinski definition) is 4. The van der Waals surface area contributed by atoms with Gasteiger partial charge in [0.2, 0.25) is 0 Å².